The molecule has 0 radical (unpaired) electrons. The Balaban J connectivity index is 1.46. The number of rotatable bonds is 7. The fraction of sp³-hybridized carbons (Fsp3) is 0.409. The van der Waals surface area contributed by atoms with Crippen LogP contribution in [0.1, 0.15) is 55.1 Å². The van der Waals surface area contributed by atoms with E-state index in [2.05, 4.69) is 69.0 Å². The smallest absolute Gasteiger partial charge is 0.292 e. The van der Waals surface area contributed by atoms with Gasteiger partial charge in [-0.2, -0.15) is 13.5 Å². The van der Waals surface area contributed by atoms with Crippen LogP contribution >= 0.6 is 0 Å². The van der Waals surface area contributed by atoms with Crippen LogP contribution in [0.25, 0.3) is 0 Å². The molecule has 1 aliphatic rings. The van der Waals surface area contributed by atoms with Gasteiger partial charge in [0.1, 0.15) is 0 Å². The molecule has 0 atom stereocenters. The molecule has 0 unspecified atom stereocenters. The molecular weight excluding hydrogens is 372 g/mol. The molecule has 1 aliphatic carbocycles. The van der Waals surface area contributed by atoms with Crippen molar-refractivity contribution >= 4 is 0 Å². The van der Waals surface area contributed by atoms with Crippen LogP contribution in [0.4, 0.5) is 8.78 Å². The van der Waals surface area contributed by atoms with Crippen molar-refractivity contribution in [3.63, 3.8) is 0 Å². The molecule has 0 aliphatic heterocycles. The summed E-state index contributed by atoms with van der Waals surface area (Å²) in [5, 5.41) is 10.8. The van der Waals surface area contributed by atoms with Crippen LogP contribution in [-0.4, -0.2) is 31.1 Å². The second-order valence-corrected chi connectivity index (χ2v) is 7.64. The van der Waals surface area contributed by atoms with Crippen LogP contribution in [0, 0.1) is 0 Å². The van der Waals surface area contributed by atoms with Gasteiger partial charge in [-0.15, -0.1) is 5.10 Å². The van der Waals surface area contributed by atoms with Crippen LogP contribution in [-0.2, 0) is 13.1 Å². The van der Waals surface area contributed by atoms with E-state index < -0.39 is 6.55 Å². The standard InChI is InChI=1S/C22H25F2N5/c23-22(24)29-21(25-26-27-29)19-11-13-20(14-12-19)28(15-17-7-3-1-4-8-17)16-18-9-5-2-6-10-18/h1-10,19-20,22H,11-16H2. The number of benzene rings is 2. The summed E-state index contributed by atoms with van der Waals surface area (Å²) in [6, 6.07) is 21.3. The van der Waals surface area contributed by atoms with Crippen molar-refractivity contribution in [2.75, 3.05) is 0 Å². The molecule has 0 saturated heterocycles. The summed E-state index contributed by atoms with van der Waals surface area (Å²) < 4.78 is 26.9. The van der Waals surface area contributed by atoms with Gasteiger partial charge >= 0.3 is 6.55 Å². The first-order valence-electron chi connectivity index (χ1n) is 10.1. The molecule has 1 heterocycles. The highest BCUT2D eigenvalue weighted by molar-refractivity contribution is 5.17. The lowest BCUT2D eigenvalue weighted by molar-refractivity contribution is 0.0478. The van der Waals surface area contributed by atoms with Crippen molar-refractivity contribution in [3.8, 4) is 0 Å². The van der Waals surface area contributed by atoms with Crippen LogP contribution < -0.4 is 0 Å². The van der Waals surface area contributed by atoms with Gasteiger partial charge in [0.05, 0.1) is 0 Å². The SMILES string of the molecule is FC(F)n1nnnc1C1CCC(N(Cc2ccccc2)Cc2ccccc2)CC1. The minimum absolute atomic E-state index is 0.00875. The Labute approximate surface area is 169 Å². The number of alkyl halides is 2. The molecule has 0 amide bonds. The van der Waals surface area contributed by atoms with Gasteiger partial charge in [-0.3, -0.25) is 4.90 Å². The highest BCUT2D eigenvalue weighted by atomic mass is 19.3. The Morgan fingerprint density at radius 3 is 1.93 bits per heavy atom. The Hall–Kier alpha value is -2.67. The molecule has 3 aromatic rings. The highest BCUT2D eigenvalue weighted by Gasteiger charge is 2.31. The summed E-state index contributed by atoms with van der Waals surface area (Å²) in [5.74, 6) is 0.307. The van der Waals surface area contributed by atoms with E-state index in [9.17, 15) is 8.78 Å². The molecule has 152 valence electrons. The maximum Gasteiger partial charge on any atom is 0.336 e. The van der Waals surface area contributed by atoms with Gasteiger partial charge in [0, 0.05) is 25.0 Å². The Morgan fingerprint density at radius 2 is 1.41 bits per heavy atom. The first-order valence-corrected chi connectivity index (χ1v) is 10.1. The molecule has 1 aromatic heterocycles. The fourth-order valence-electron chi connectivity index (χ4n) is 4.26. The third-order valence-corrected chi connectivity index (χ3v) is 5.74. The topological polar surface area (TPSA) is 46.8 Å². The number of nitrogens with zero attached hydrogens (tertiary/aromatic N) is 5. The summed E-state index contributed by atoms with van der Waals surface area (Å²) in [5.41, 5.74) is 2.57. The van der Waals surface area contributed by atoms with Gasteiger partial charge in [-0.1, -0.05) is 60.7 Å². The third kappa shape index (κ3) is 4.85. The van der Waals surface area contributed by atoms with Crippen molar-refractivity contribution in [1.29, 1.82) is 0 Å². The van der Waals surface area contributed by atoms with Gasteiger partial charge in [0.15, 0.2) is 5.82 Å². The predicted octanol–water partition coefficient (Wildman–Crippen LogP) is 4.80. The lowest BCUT2D eigenvalue weighted by Gasteiger charge is -2.37. The van der Waals surface area contributed by atoms with Crippen LogP contribution in [0.2, 0.25) is 0 Å². The second kappa shape index (κ2) is 9.22. The number of hydrogen-bond donors (Lipinski definition) is 0. The van der Waals surface area contributed by atoms with E-state index in [1.54, 1.807) is 0 Å². The van der Waals surface area contributed by atoms with Gasteiger partial charge in [0.25, 0.3) is 0 Å². The van der Waals surface area contributed by atoms with Gasteiger partial charge in [-0.05, 0) is 47.2 Å². The van der Waals surface area contributed by atoms with E-state index in [1.165, 1.54) is 11.1 Å². The first-order chi connectivity index (χ1) is 14.2. The number of halogens is 2. The van der Waals surface area contributed by atoms with Crippen molar-refractivity contribution < 1.29 is 8.78 Å². The third-order valence-electron chi connectivity index (χ3n) is 5.74. The molecule has 29 heavy (non-hydrogen) atoms. The zero-order chi connectivity index (χ0) is 20.1. The van der Waals surface area contributed by atoms with Crippen LogP contribution in [0.5, 0.6) is 0 Å². The molecule has 5 nitrogen and oxygen atoms in total. The number of hydrogen-bond acceptors (Lipinski definition) is 4. The average Bonchev–Trinajstić information content (AvgIpc) is 3.25. The molecule has 1 fully saturated rings. The maximum atomic E-state index is 13.1. The Morgan fingerprint density at radius 1 is 0.862 bits per heavy atom. The van der Waals surface area contributed by atoms with Crippen molar-refractivity contribution in [3.05, 3.63) is 77.6 Å². The van der Waals surface area contributed by atoms with Gasteiger partial charge in [0.2, 0.25) is 0 Å². The molecule has 7 heteroatoms. The summed E-state index contributed by atoms with van der Waals surface area (Å²) in [7, 11) is 0. The van der Waals surface area contributed by atoms with E-state index in [4.69, 9.17) is 0 Å². The van der Waals surface area contributed by atoms with Crippen molar-refractivity contribution in [1.82, 2.24) is 25.1 Å². The van der Waals surface area contributed by atoms with Crippen molar-refractivity contribution in [2.24, 2.45) is 0 Å². The lowest BCUT2D eigenvalue weighted by Crippen LogP contribution is -2.37. The van der Waals surface area contributed by atoms with E-state index in [0.717, 1.165) is 38.8 Å². The monoisotopic (exact) mass is 397 g/mol. The Bertz CT molecular complexity index is 835. The van der Waals surface area contributed by atoms with E-state index in [0.29, 0.717) is 16.5 Å². The molecule has 0 N–H and O–H groups in total. The molecule has 1 saturated carbocycles. The molecule has 4 rings (SSSR count). The molecule has 0 spiro atoms. The van der Waals surface area contributed by atoms with E-state index >= 15 is 0 Å². The quantitative estimate of drug-likeness (QED) is 0.575. The zero-order valence-electron chi connectivity index (χ0n) is 16.2. The number of tetrazole rings is 1. The lowest BCUT2D eigenvalue weighted by atomic mass is 9.84. The van der Waals surface area contributed by atoms with Gasteiger partial charge < -0.3 is 0 Å². The first kappa shape index (κ1) is 19.6. The summed E-state index contributed by atoms with van der Waals surface area (Å²) in [6.07, 6.45) is 3.52. The fourth-order valence-corrected chi connectivity index (χ4v) is 4.26. The van der Waals surface area contributed by atoms with Crippen molar-refractivity contribution in [2.45, 2.75) is 57.3 Å². The summed E-state index contributed by atoms with van der Waals surface area (Å²) in [4.78, 5) is 2.51. The van der Waals surface area contributed by atoms with E-state index in [-0.39, 0.29) is 5.92 Å². The minimum Gasteiger partial charge on any atom is -0.292 e. The van der Waals surface area contributed by atoms with Crippen LogP contribution in [0.3, 0.4) is 0 Å². The minimum atomic E-state index is -2.69. The molecule has 0 bridgehead atoms. The second-order valence-electron chi connectivity index (χ2n) is 7.64. The highest BCUT2D eigenvalue weighted by Crippen LogP contribution is 2.35. The number of aromatic nitrogens is 4. The zero-order valence-corrected chi connectivity index (χ0v) is 16.2. The van der Waals surface area contributed by atoms with Gasteiger partial charge in [-0.25, -0.2) is 0 Å². The Kier molecular flexibility index (Phi) is 6.24. The molecule has 2 aromatic carbocycles. The summed E-state index contributed by atoms with van der Waals surface area (Å²) in [6.45, 7) is -0.940. The van der Waals surface area contributed by atoms with E-state index in [1.807, 2.05) is 12.1 Å². The maximum absolute atomic E-state index is 13.1. The predicted molar refractivity (Wildman–Crippen MR) is 106 cm³/mol. The average molecular weight is 397 g/mol. The normalized spacial score (nSPS) is 19.7. The summed E-state index contributed by atoms with van der Waals surface area (Å²) >= 11 is 0. The molecular formula is C22H25F2N5. The van der Waals surface area contributed by atoms with Crippen LogP contribution in [0.15, 0.2) is 60.7 Å². The largest absolute Gasteiger partial charge is 0.336 e.